The Morgan fingerprint density at radius 3 is 2.67 bits per heavy atom. The van der Waals surface area contributed by atoms with Crippen LogP contribution in [-0.2, 0) is 0 Å². The molecule has 1 atom stereocenters. The summed E-state index contributed by atoms with van der Waals surface area (Å²) in [5, 5.41) is 0. The van der Waals surface area contributed by atoms with Gasteiger partial charge in [0.2, 0.25) is 0 Å². The molecule has 0 saturated carbocycles. The molecule has 0 saturated heterocycles. The van der Waals surface area contributed by atoms with Crippen molar-refractivity contribution in [2.75, 3.05) is 0 Å². The second kappa shape index (κ2) is 4.17. The Balaban J connectivity index is 2.32. The Hall–Kier alpha value is -1.76. The highest BCUT2D eigenvalue weighted by Crippen LogP contribution is 2.35. The van der Waals surface area contributed by atoms with Crippen LogP contribution in [0.5, 0.6) is 0 Å². The van der Waals surface area contributed by atoms with Gasteiger partial charge in [0.05, 0.1) is 0 Å². The highest BCUT2D eigenvalue weighted by atomic mass is 14.2. The minimum absolute atomic E-state index is 0.433. The van der Waals surface area contributed by atoms with E-state index in [0.717, 1.165) is 0 Å². The molecule has 1 unspecified atom stereocenters. The van der Waals surface area contributed by atoms with E-state index in [2.05, 4.69) is 70.3 Å². The standard InChI is InChI=1S/C17H17B/c1-11-7-8-14-10-9-13-5-3-4-6-15(13)17(18)16(14)12(11)2/h3-10,13H,18H2,1-2H3. The molecule has 2 aliphatic carbocycles. The van der Waals surface area contributed by atoms with Gasteiger partial charge in [-0.05, 0) is 41.7 Å². The molecule has 88 valence electrons. The third-order valence-corrected chi connectivity index (χ3v) is 4.12. The van der Waals surface area contributed by atoms with Crippen LogP contribution in [0.15, 0.2) is 48.1 Å². The van der Waals surface area contributed by atoms with Crippen molar-refractivity contribution in [2.24, 2.45) is 5.92 Å². The lowest BCUT2D eigenvalue weighted by molar-refractivity contribution is 1.01. The lowest BCUT2D eigenvalue weighted by Gasteiger charge is -2.18. The average Bonchev–Trinajstić information content (AvgIpc) is 2.53. The van der Waals surface area contributed by atoms with Gasteiger partial charge in [-0.1, -0.05) is 54.1 Å². The van der Waals surface area contributed by atoms with Gasteiger partial charge in [0, 0.05) is 5.92 Å². The number of hydrogen-bond acceptors (Lipinski definition) is 0. The summed E-state index contributed by atoms with van der Waals surface area (Å²) in [7, 11) is 2.25. The molecule has 18 heavy (non-hydrogen) atoms. The number of fused-ring (bicyclic) bond motifs is 2. The quantitative estimate of drug-likeness (QED) is 0.601. The SMILES string of the molecule is BC1=C2C=CC=CC2C=Cc2ccc(C)c(C)c21. The van der Waals surface area contributed by atoms with Crippen molar-refractivity contribution in [1.29, 1.82) is 0 Å². The smallest absolute Gasteiger partial charge is 0.0770 e. The fraction of sp³-hybridized carbons (Fsp3) is 0.176. The topological polar surface area (TPSA) is 0 Å². The van der Waals surface area contributed by atoms with Crippen LogP contribution in [0.3, 0.4) is 0 Å². The first kappa shape index (κ1) is 11.3. The molecule has 0 nitrogen and oxygen atoms in total. The summed E-state index contributed by atoms with van der Waals surface area (Å²) in [4.78, 5) is 0. The predicted molar refractivity (Wildman–Crippen MR) is 82.2 cm³/mol. The maximum Gasteiger partial charge on any atom is 0.140 e. The van der Waals surface area contributed by atoms with Crippen molar-refractivity contribution in [2.45, 2.75) is 13.8 Å². The van der Waals surface area contributed by atoms with Crippen molar-refractivity contribution in [3.63, 3.8) is 0 Å². The summed E-state index contributed by atoms with van der Waals surface area (Å²) in [5.74, 6) is 0.433. The van der Waals surface area contributed by atoms with Crippen molar-refractivity contribution >= 4 is 19.4 Å². The molecule has 2 aliphatic rings. The lowest BCUT2D eigenvalue weighted by Crippen LogP contribution is -2.02. The molecule has 1 aromatic rings. The zero-order valence-electron chi connectivity index (χ0n) is 11.2. The molecular formula is C17H17B. The second-order valence-corrected chi connectivity index (χ2v) is 5.18. The van der Waals surface area contributed by atoms with E-state index in [0.29, 0.717) is 5.92 Å². The van der Waals surface area contributed by atoms with E-state index in [9.17, 15) is 0 Å². The third kappa shape index (κ3) is 1.62. The Kier molecular flexibility index (Phi) is 2.63. The Bertz CT molecular complexity index is 627. The van der Waals surface area contributed by atoms with Gasteiger partial charge in [-0.15, -0.1) is 0 Å². The number of rotatable bonds is 0. The zero-order chi connectivity index (χ0) is 12.7. The molecule has 0 N–H and O–H groups in total. The molecule has 0 spiro atoms. The minimum atomic E-state index is 0.433. The largest absolute Gasteiger partial charge is 0.140 e. The van der Waals surface area contributed by atoms with E-state index in [4.69, 9.17) is 0 Å². The number of aryl methyl sites for hydroxylation is 1. The molecule has 0 radical (unpaired) electrons. The molecule has 0 fully saturated rings. The zero-order valence-corrected chi connectivity index (χ0v) is 11.2. The van der Waals surface area contributed by atoms with E-state index in [1.54, 1.807) is 0 Å². The van der Waals surface area contributed by atoms with Crippen LogP contribution in [0.4, 0.5) is 0 Å². The molecule has 0 heterocycles. The lowest BCUT2D eigenvalue weighted by atomic mass is 9.76. The highest BCUT2D eigenvalue weighted by Gasteiger charge is 2.18. The van der Waals surface area contributed by atoms with Gasteiger partial charge in [0.25, 0.3) is 0 Å². The van der Waals surface area contributed by atoms with E-state index in [1.165, 1.54) is 33.3 Å². The van der Waals surface area contributed by atoms with Crippen LogP contribution in [0.25, 0.3) is 11.5 Å². The monoisotopic (exact) mass is 232 g/mol. The fourth-order valence-corrected chi connectivity index (χ4v) is 2.93. The highest BCUT2D eigenvalue weighted by molar-refractivity contribution is 6.44. The van der Waals surface area contributed by atoms with Gasteiger partial charge in [-0.25, -0.2) is 0 Å². The fourth-order valence-electron chi connectivity index (χ4n) is 2.93. The van der Waals surface area contributed by atoms with Crippen LogP contribution in [0.2, 0.25) is 0 Å². The van der Waals surface area contributed by atoms with E-state index in [1.807, 2.05) is 0 Å². The number of hydrogen-bond donors (Lipinski definition) is 0. The Morgan fingerprint density at radius 2 is 1.83 bits per heavy atom. The predicted octanol–water partition coefficient (Wildman–Crippen LogP) is 3.42. The van der Waals surface area contributed by atoms with Crippen molar-refractivity contribution in [3.8, 4) is 0 Å². The van der Waals surface area contributed by atoms with Crippen LogP contribution in [0, 0.1) is 19.8 Å². The van der Waals surface area contributed by atoms with Crippen molar-refractivity contribution < 1.29 is 0 Å². The van der Waals surface area contributed by atoms with Gasteiger partial charge in [0.1, 0.15) is 7.85 Å². The van der Waals surface area contributed by atoms with Gasteiger partial charge in [-0.3, -0.25) is 0 Å². The van der Waals surface area contributed by atoms with Gasteiger partial charge in [-0.2, -0.15) is 0 Å². The van der Waals surface area contributed by atoms with Crippen LogP contribution < -0.4 is 0 Å². The Labute approximate surface area is 110 Å². The van der Waals surface area contributed by atoms with E-state index >= 15 is 0 Å². The van der Waals surface area contributed by atoms with Crippen LogP contribution in [0.1, 0.15) is 22.3 Å². The summed E-state index contributed by atoms with van der Waals surface area (Å²) in [6.45, 7) is 4.42. The molecule has 3 rings (SSSR count). The van der Waals surface area contributed by atoms with Crippen molar-refractivity contribution in [1.82, 2.24) is 0 Å². The Morgan fingerprint density at radius 1 is 1.00 bits per heavy atom. The van der Waals surface area contributed by atoms with Crippen molar-refractivity contribution in [3.05, 3.63) is 70.3 Å². The first-order valence-corrected chi connectivity index (χ1v) is 6.53. The second-order valence-electron chi connectivity index (χ2n) is 5.18. The molecule has 0 amide bonds. The summed E-state index contributed by atoms with van der Waals surface area (Å²) in [6.07, 6.45) is 13.4. The molecule has 1 aromatic carbocycles. The molecule has 1 heteroatoms. The maximum absolute atomic E-state index is 2.30. The van der Waals surface area contributed by atoms with Gasteiger partial charge >= 0.3 is 0 Å². The first-order valence-electron chi connectivity index (χ1n) is 6.53. The molecular weight excluding hydrogens is 215 g/mol. The van der Waals surface area contributed by atoms with Gasteiger partial charge < -0.3 is 0 Å². The number of benzene rings is 1. The average molecular weight is 232 g/mol. The maximum atomic E-state index is 2.30. The van der Waals surface area contributed by atoms with Crippen LogP contribution in [-0.4, -0.2) is 7.85 Å². The first-order chi connectivity index (χ1) is 8.68. The number of allylic oxidation sites excluding steroid dienone is 6. The summed E-state index contributed by atoms with van der Waals surface area (Å²) < 4.78 is 0. The molecule has 0 bridgehead atoms. The summed E-state index contributed by atoms with van der Waals surface area (Å²) in [5.41, 5.74) is 8.40. The third-order valence-electron chi connectivity index (χ3n) is 4.12. The summed E-state index contributed by atoms with van der Waals surface area (Å²) in [6, 6.07) is 4.46. The van der Waals surface area contributed by atoms with E-state index in [-0.39, 0.29) is 0 Å². The van der Waals surface area contributed by atoms with Gasteiger partial charge in [0.15, 0.2) is 0 Å². The minimum Gasteiger partial charge on any atom is -0.0770 e. The normalized spacial score (nSPS) is 20.7. The molecule has 0 aromatic heterocycles. The summed E-state index contributed by atoms with van der Waals surface area (Å²) >= 11 is 0. The van der Waals surface area contributed by atoms with E-state index < -0.39 is 0 Å². The molecule has 0 aliphatic heterocycles. The van der Waals surface area contributed by atoms with Crippen LogP contribution >= 0.6 is 0 Å².